The molecule has 2 amide bonds. The van der Waals surface area contributed by atoms with Crippen molar-refractivity contribution in [2.24, 2.45) is 4.99 Å². The van der Waals surface area contributed by atoms with Crippen molar-refractivity contribution in [2.45, 2.75) is 80.1 Å². The predicted molar refractivity (Wildman–Crippen MR) is 165 cm³/mol. The van der Waals surface area contributed by atoms with Crippen LogP contribution in [0, 0.1) is 13.8 Å². The first-order chi connectivity index (χ1) is 20.4. The monoisotopic (exact) mass is 586 g/mol. The Morgan fingerprint density at radius 1 is 0.744 bits per heavy atom. The van der Waals surface area contributed by atoms with E-state index < -0.39 is 11.9 Å². The van der Waals surface area contributed by atoms with E-state index >= 15 is 0 Å². The van der Waals surface area contributed by atoms with Crippen molar-refractivity contribution < 1.29 is 29.4 Å². The number of carboxylic acids is 2. The van der Waals surface area contributed by atoms with Crippen LogP contribution in [-0.4, -0.2) is 49.6 Å². The maximum absolute atomic E-state index is 12.3. The fourth-order valence-electron chi connectivity index (χ4n) is 5.78. The molecule has 4 rings (SSSR count). The average molecular weight is 587 g/mol. The molecule has 43 heavy (non-hydrogen) atoms. The molecule has 10 heteroatoms. The highest BCUT2D eigenvalue weighted by atomic mass is 16.4. The van der Waals surface area contributed by atoms with Crippen molar-refractivity contribution >= 4 is 47.7 Å². The number of H-pyrrole nitrogens is 2. The van der Waals surface area contributed by atoms with Gasteiger partial charge < -0.3 is 25.5 Å². The van der Waals surface area contributed by atoms with E-state index in [9.17, 15) is 29.4 Å². The molecule has 10 nitrogen and oxygen atoms in total. The molecule has 2 aliphatic heterocycles. The summed E-state index contributed by atoms with van der Waals surface area (Å²) in [6.45, 7) is 11.3. The van der Waals surface area contributed by atoms with Crippen LogP contribution in [0.4, 0.5) is 0 Å². The molecule has 0 bridgehead atoms. The van der Waals surface area contributed by atoms with Crippen molar-refractivity contribution in [2.75, 3.05) is 0 Å². The van der Waals surface area contributed by atoms with E-state index in [-0.39, 0.29) is 37.5 Å². The highest BCUT2D eigenvalue weighted by Crippen LogP contribution is 2.28. The zero-order valence-electron chi connectivity index (χ0n) is 25.4. The molecule has 5 N–H and O–H groups in total. The Hall–Kier alpha value is -4.73. The maximum Gasteiger partial charge on any atom is 0.303 e. The molecule has 0 fully saturated rings. The molecule has 2 aromatic rings. The van der Waals surface area contributed by atoms with Crippen molar-refractivity contribution in [3.8, 4) is 0 Å². The van der Waals surface area contributed by atoms with Gasteiger partial charge in [0.2, 0.25) is 0 Å². The molecular formula is C33H38N4O6. The van der Waals surface area contributed by atoms with Crippen molar-refractivity contribution in [1.29, 1.82) is 0 Å². The molecule has 0 spiro atoms. The number of aromatic amines is 2. The van der Waals surface area contributed by atoms with E-state index in [2.05, 4.69) is 20.3 Å². The van der Waals surface area contributed by atoms with Crippen LogP contribution >= 0.6 is 0 Å². The first kappa shape index (κ1) is 31.2. The van der Waals surface area contributed by atoms with Gasteiger partial charge in [0, 0.05) is 51.8 Å². The molecular weight excluding hydrogens is 548 g/mol. The Morgan fingerprint density at radius 2 is 1.37 bits per heavy atom. The standard InChI is InChI=1S/C33H38N4O6/c1-7-20-18(5)32(42)36-26(20)13-24-16(3)22(9-11-30(38)39)28(34-24)15-29-23(10-12-31(40)41)17(4)25(35-29)14-27-21(8-2)19(6)33(43)37-27/h13-15,34-35H,7-12H2,1-6H3,(H,36,42)(H,38,39)(H,40,41)/b25-14-,26-13-,29-15+. The van der Waals surface area contributed by atoms with Gasteiger partial charge in [-0.05, 0) is 105 Å². The molecule has 0 radical (unpaired) electrons. The van der Waals surface area contributed by atoms with Gasteiger partial charge in [0.15, 0.2) is 0 Å². The Morgan fingerprint density at radius 3 is 1.98 bits per heavy atom. The smallest absolute Gasteiger partial charge is 0.303 e. The Bertz CT molecular complexity index is 1790. The highest BCUT2D eigenvalue weighted by Gasteiger charge is 2.24. The zero-order chi connectivity index (χ0) is 31.6. The third-order valence-electron chi connectivity index (χ3n) is 8.32. The van der Waals surface area contributed by atoms with Gasteiger partial charge in [0.1, 0.15) is 0 Å². The lowest BCUT2D eigenvalue weighted by Crippen LogP contribution is -2.15. The Labute approximate surface area is 249 Å². The first-order valence-corrected chi connectivity index (χ1v) is 14.5. The van der Waals surface area contributed by atoms with Gasteiger partial charge in [-0.15, -0.1) is 0 Å². The second kappa shape index (κ2) is 12.6. The number of hydrogen-bond acceptors (Lipinski definition) is 4. The average Bonchev–Trinajstić information content (AvgIpc) is 3.59. The maximum atomic E-state index is 12.3. The van der Waals surface area contributed by atoms with Gasteiger partial charge in [-0.2, -0.15) is 0 Å². The summed E-state index contributed by atoms with van der Waals surface area (Å²) >= 11 is 0. The summed E-state index contributed by atoms with van der Waals surface area (Å²) in [5.74, 6) is -2.23. The minimum absolute atomic E-state index is 0.0700. The Kier molecular flexibility index (Phi) is 9.18. The van der Waals surface area contributed by atoms with Crippen molar-refractivity contribution in [3.05, 3.63) is 72.3 Å². The number of aliphatic carboxylic acids is 2. The summed E-state index contributed by atoms with van der Waals surface area (Å²) in [6.07, 6.45) is 7.33. The minimum atomic E-state index is -0.921. The predicted octanol–water partition coefficient (Wildman–Crippen LogP) is 3.51. The molecule has 0 aromatic carbocycles. The molecule has 0 atom stereocenters. The molecule has 0 aliphatic carbocycles. The van der Waals surface area contributed by atoms with Gasteiger partial charge in [-0.25, -0.2) is 4.99 Å². The summed E-state index contributed by atoms with van der Waals surface area (Å²) in [4.78, 5) is 58.7. The number of aromatic nitrogens is 2. The number of carbonyl (C=O) groups is 4. The SMILES string of the molecule is CCC1=C(C)C(=O)N=C1/C=c1\[nH]/c(=C/c2[nH]c(/C=C3\NC(=O)C(C)=C3CC)c(C)c2CCC(=O)O)c(CCC(=O)O)c1C. The van der Waals surface area contributed by atoms with Crippen LogP contribution in [0.1, 0.15) is 87.0 Å². The van der Waals surface area contributed by atoms with E-state index in [1.807, 2.05) is 45.9 Å². The topological polar surface area (TPSA) is 165 Å². The minimum Gasteiger partial charge on any atom is -0.481 e. The Balaban J connectivity index is 1.91. The number of carbonyl (C=O) groups excluding carboxylic acids is 2. The number of amides is 2. The van der Waals surface area contributed by atoms with Crippen LogP contribution in [0.5, 0.6) is 0 Å². The lowest BCUT2D eigenvalue weighted by molar-refractivity contribution is -0.138. The molecule has 0 saturated heterocycles. The van der Waals surface area contributed by atoms with E-state index in [1.54, 1.807) is 13.8 Å². The lowest BCUT2D eigenvalue weighted by Gasteiger charge is -2.04. The third kappa shape index (κ3) is 6.38. The van der Waals surface area contributed by atoms with Crippen LogP contribution in [0.15, 0.2) is 33.0 Å². The number of carboxylic acid groups (broad SMARTS) is 2. The van der Waals surface area contributed by atoms with E-state index in [0.717, 1.165) is 44.4 Å². The summed E-state index contributed by atoms with van der Waals surface area (Å²) in [5, 5.41) is 23.2. The number of rotatable bonds is 11. The normalized spacial score (nSPS) is 17.2. The fraction of sp³-hybridized carbons (Fsp3) is 0.364. The van der Waals surface area contributed by atoms with Gasteiger partial charge >= 0.3 is 11.9 Å². The van der Waals surface area contributed by atoms with Gasteiger partial charge in [-0.1, -0.05) is 13.8 Å². The van der Waals surface area contributed by atoms with Crippen LogP contribution in [-0.2, 0) is 32.0 Å². The quantitative estimate of drug-likeness (QED) is 0.270. The molecule has 0 unspecified atom stereocenters. The highest BCUT2D eigenvalue weighted by molar-refractivity contribution is 6.30. The van der Waals surface area contributed by atoms with Gasteiger partial charge in [0.25, 0.3) is 11.8 Å². The van der Waals surface area contributed by atoms with Crippen molar-refractivity contribution in [1.82, 2.24) is 15.3 Å². The summed E-state index contributed by atoms with van der Waals surface area (Å²) in [7, 11) is 0. The summed E-state index contributed by atoms with van der Waals surface area (Å²) < 4.78 is 0. The molecule has 226 valence electrons. The fourth-order valence-corrected chi connectivity index (χ4v) is 5.78. The van der Waals surface area contributed by atoms with Crippen LogP contribution in [0.3, 0.4) is 0 Å². The van der Waals surface area contributed by atoms with E-state index in [1.165, 1.54) is 0 Å². The van der Waals surface area contributed by atoms with E-state index in [0.29, 0.717) is 46.4 Å². The summed E-state index contributed by atoms with van der Waals surface area (Å²) in [5.41, 5.74) is 9.18. The number of hydrogen-bond donors (Lipinski definition) is 5. The van der Waals surface area contributed by atoms with Gasteiger partial charge in [-0.3, -0.25) is 19.2 Å². The van der Waals surface area contributed by atoms with E-state index in [4.69, 9.17) is 0 Å². The summed E-state index contributed by atoms with van der Waals surface area (Å²) in [6, 6.07) is 0. The van der Waals surface area contributed by atoms with Crippen LogP contribution < -0.4 is 16.0 Å². The number of allylic oxidation sites excluding steroid dienone is 2. The molecule has 4 heterocycles. The number of nitrogens with zero attached hydrogens (tertiary/aromatic N) is 1. The zero-order valence-corrected chi connectivity index (χ0v) is 25.4. The molecule has 2 aromatic heterocycles. The lowest BCUT2D eigenvalue weighted by atomic mass is 10.0. The third-order valence-corrected chi connectivity index (χ3v) is 8.32. The second-order valence-corrected chi connectivity index (χ2v) is 10.9. The largest absolute Gasteiger partial charge is 0.481 e. The first-order valence-electron chi connectivity index (χ1n) is 14.5. The second-order valence-electron chi connectivity index (χ2n) is 10.9. The van der Waals surface area contributed by atoms with Crippen LogP contribution in [0.2, 0.25) is 0 Å². The van der Waals surface area contributed by atoms with Gasteiger partial charge in [0.05, 0.1) is 5.71 Å². The number of aliphatic imine (C=N–C) groups is 1. The van der Waals surface area contributed by atoms with Crippen LogP contribution in [0.25, 0.3) is 18.2 Å². The van der Waals surface area contributed by atoms with Crippen molar-refractivity contribution in [3.63, 3.8) is 0 Å². The number of nitrogens with one attached hydrogen (secondary N) is 3. The molecule has 0 saturated carbocycles. The molecule has 2 aliphatic rings.